The number of aryl methyl sites for hydroxylation is 1. The van der Waals surface area contributed by atoms with E-state index in [1.807, 2.05) is 36.1 Å². The molecule has 332 valence electrons. The number of rotatable bonds is 6. The Morgan fingerprint density at radius 1 is 0.817 bits per heavy atom. The lowest BCUT2D eigenvalue weighted by molar-refractivity contribution is -0.193. The van der Waals surface area contributed by atoms with Gasteiger partial charge in [-0.25, -0.2) is 29.3 Å². The molecular formula is C35H41F9N8O8. The lowest BCUT2D eigenvalue weighted by Crippen LogP contribution is -2.54. The number of ether oxygens (including phenoxy) is 1. The number of carbonyl (C=O) groups is 4. The second kappa shape index (κ2) is 21.1. The van der Waals surface area contributed by atoms with Gasteiger partial charge in [-0.3, -0.25) is 4.79 Å². The number of hydrogen-bond donors (Lipinski definition) is 6. The summed E-state index contributed by atoms with van der Waals surface area (Å²) in [5.41, 5.74) is 14.4. The molecule has 0 spiro atoms. The lowest BCUT2D eigenvalue weighted by atomic mass is 9.90. The third kappa shape index (κ3) is 15.5. The molecule has 1 aliphatic heterocycles. The number of guanidine groups is 1. The Morgan fingerprint density at radius 2 is 1.33 bits per heavy atom. The summed E-state index contributed by atoms with van der Waals surface area (Å²) < 4.78 is 100. The Kier molecular flexibility index (Phi) is 17.5. The van der Waals surface area contributed by atoms with E-state index in [0.29, 0.717) is 18.9 Å². The van der Waals surface area contributed by atoms with Crippen LogP contribution < -0.4 is 26.4 Å². The minimum Gasteiger partial charge on any atom is -0.497 e. The molecule has 60 heavy (non-hydrogen) atoms. The smallest absolute Gasteiger partial charge is 0.490 e. The molecule has 1 saturated carbocycles. The van der Waals surface area contributed by atoms with Gasteiger partial charge >= 0.3 is 36.4 Å². The van der Waals surface area contributed by atoms with Gasteiger partial charge in [0.15, 0.2) is 5.96 Å². The monoisotopic (exact) mass is 872 g/mol. The molecule has 0 radical (unpaired) electrons. The molecule has 3 atom stereocenters. The number of carboxylic acids is 3. The highest BCUT2D eigenvalue weighted by molar-refractivity contribution is 5.97. The maximum atomic E-state index is 13.7. The molecule has 25 heteroatoms. The number of carboxylic acid groups (broad SMARTS) is 3. The van der Waals surface area contributed by atoms with Crippen molar-refractivity contribution in [3.05, 3.63) is 53.9 Å². The van der Waals surface area contributed by atoms with Gasteiger partial charge in [0.1, 0.15) is 11.6 Å². The number of hydrogen-bond acceptors (Lipinski definition) is 10. The van der Waals surface area contributed by atoms with E-state index in [1.54, 1.807) is 7.11 Å². The number of halogens is 9. The van der Waals surface area contributed by atoms with Crippen LogP contribution in [-0.4, -0.2) is 123 Å². The average Bonchev–Trinajstić information content (AvgIpc) is 3.15. The maximum absolute atomic E-state index is 13.7. The average molecular weight is 873 g/mol. The fourth-order valence-electron chi connectivity index (χ4n) is 5.69. The van der Waals surface area contributed by atoms with Crippen LogP contribution in [0.3, 0.4) is 0 Å². The Labute approximate surface area is 335 Å². The number of alkyl halides is 9. The summed E-state index contributed by atoms with van der Waals surface area (Å²) in [5.74, 6) is -6.66. The van der Waals surface area contributed by atoms with Crippen LogP contribution in [-0.2, 0) is 14.4 Å². The quantitative estimate of drug-likeness (QED) is 0.106. The van der Waals surface area contributed by atoms with Gasteiger partial charge in [-0.1, -0.05) is 24.5 Å². The predicted octanol–water partition coefficient (Wildman–Crippen LogP) is 5.19. The molecule has 2 aliphatic rings. The molecule has 8 N–H and O–H groups in total. The second-order valence-electron chi connectivity index (χ2n) is 13.0. The number of aliphatic carboxylic acids is 3. The molecular weight excluding hydrogens is 831 g/mol. The molecule has 16 nitrogen and oxygen atoms in total. The molecule has 3 aromatic rings. The van der Waals surface area contributed by atoms with Crippen molar-refractivity contribution in [1.82, 2.24) is 14.9 Å². The van der Waals surface area contributed by atoms with Crippen molar-refractivity contribution >= 4 is 52.2 Å². The zero-order valence-corrected chi connectivity index (χ0v) is 31.9. The van der Waals surface area contributed by atoms with Crippen molar-refractivity contribution in [2.75, 3.05) is 37.0 Å². The first kappa shape index (κ1) is 49.8. The normalized spacial score (nSPS) is 17.9. The van der Waals surface area contributed by atoms with Crippen LogP contribution in [0.15, 0.2) is 47.5 Å². The Hall–Kier alpha value is -6.30. The number of nitrogens with zero attached hydrogens (tertiary/aromatic N) is 5. The van der Waals surface area contributed by atoms with Gasteiger partial charge in [0, 0.05) is 36.7 Å². The molecule has 1 amide bonds. The molecule has 1 aromatic heterocycles. The third-order valence-corrected chi connectivity index (χ3v) is 8.46. The summed E-state index contributed by atoms with van der Waals surface area (Å²) in [7, 11) is 1.66. The molecule has 2 aromatic carbocycles. The fourth-order valence-corrected chi connectivity index (χ4v) is 5.69. The number of nitrogens with one attached hydrogen (secondary N) is 1. The Bertz CT molecular complexity index is 1920. The summed E-state index contributed by atoms with van der Waals surface area (Å²) in [6, 6.07) is 14.2. The minimum absolute atomic E-state index is 0.0236. The maximum Gasteiger partial charge on any atom is 0.490 e. The molecule has 1 saturated heterocycles. The van der Waals surface area contributed by atoms with E-state index in [4.69, 9.17) is 55.9 Å². The first-order chi connectivity index (χ1) is 27.6. The Balaban J connectivity index is 0.000000485. The molecule has 2 fully saturated rings. The molecule has 5 rings (SSSR count). The van der Waals surface area contributed by atoms with Gasteiger partial charge in [-0.15, -0.1) is 0 Å². The van der Waals surface area contributed by atoms with Gasteiger partial charge in [-0.05, 0) is 63.1 Å². The van der Waals surface area contributed by atoms with Crippen LogP contribution in [0.1, 0.15) is 48.8 Å². The van der Waals surface area contributed by atoms with E-state index in [0.717, 1.165) is 60.1 Å². The predicted molar refractivity (Wildman–Crippen MR) is 197 cm³/mol. The summed E-state index contributed by atoms with van der Waals surface area (Å²) in [4.78, 5) is 58.5. The van der Waals surface area contributed by atoms with Crippen molar-refractivity contribution in [3.8, 4) is 5.75 Å². The molecule has 1 aliphatic carbocycles. The van der Waals surface area contributed by atoms with E-state index < -0.39 is 36.4 Å². The highest BCUT2D eigenvalue weighted by atomic mass is 19.4. The van der Waals surface area contributed by atoms with Crippen molar-refractivity contribution in [2.45, 2.75) is 76.2 Å². The highest BCUT2D eigenvalue weighted by Gasteiger charge is 2.39. The van der Waals surface area contributed by atoms with Gasteiger partial charge in [0.2, 0.25) is 5.82 Å². The van der Waals surface area contributed by atoms with Gasteiger partial charge in [0.25, 0.3) is 5.91 Å². The van der Waals surface area contributed by atoms with Gasteiger partial charge < -0.3 is 46.6 Å². The van der Waals surface area contributed by atoms with Gasteiger partial charge in [0.05, 0.1) is 24.7 Å². The number of benzene rings is 2. The van der Waals surface area contributed by atoms with Gasteiger partial charge in [-0.2, -0.15) is 39.5 Å². The summed E-state index contributed by atoms with van der Waals surface area (Å²) in [6.45, 7) is 6.06. The minimum atomic E-state index is -5.08. The molecule has 2 heterocycles. The summed E-state index contributed by atoms with van der Waals surface area (Å²) in [5, 5.41) is 25.9. The fraction of sp³-hybridized carbons (Fsp3) is 0.457. The van der Waals surface area contributed by atoms with E-state index >= 15 is 0 Å². The Morgan fingerprint density at radius 3 is 1.80 bits per heavy atom. The van der Waals surface area contributed by atoms with Crippen LogP contribution in [0.25, 0.3) is 10.9 Å². The first-order valence-corrected chi connectivity index (χ1v) is 17.4. The van der Waals surface area contributed by atoms with Crippen molar-refractivity contribution < 1.29 is 78.7 Å². The third-order valence-electron chi connectivity index (χ3n) is 8.46. The number of carbonyl (C=O) groups excluding carboxylic acids is 1. The van der Waals surface area contributed by atoms with Crippen LogP contribution >= 0.6 is 0 Å². The number of nitrogens with two attached hydrogens (primary N) is 2. The second-order valence-corrected chi connectivity index (χ2v) is 13.0. The van der Waals surface area contributed by atoms with E-state index in [-0.39, 0.29) is 35.8 Å². The molecule has 0 bridgehead atoms. The van der Waals surface area contributed by atoms with Crippen molar-refractivity contribution in [3.63, 3.8) is 0 Å². The number of aromatic nitrogens is 2. The standard InChI is InChI=1S/C29H38N8O2.3C2HF3O2/c1-18-8-13-23-22(16-18)26(33-24-6-4-5-7-25(24)34-29(30)31)35-27(32-23)28(38)36-14-15-37(19(2)17-36)20-9-11-21(39-3)12-10-20;3*3-2(4,5)1(6)7/h8-13,16,19,24-25H,4-7,14-15,17H2,1-3H3,(H4,30,31,34)(H,32,33,35);3*(H,6,7). The topological polar surface area (TPSA) is 247 Å². The van der Waals surface area contributed by atoms with Crippen LogP contribution in [0, 0.1) is 6.92 Å². The first-order valence-electron chi connectivity index (χ1n) is 17.4. The number of methoxy groups -OCH3 is 1. The van der Waals surface area contributed by atoms with Crippen molar-refractivity contribution in [2.24, 2.45) is 16.5 Å². The number of piperazine rings is 1. The van der Waals surface area contributed by atoms with Crippen LogP contribution in [0.2, 0.25) is 0 Å². The number of fused-ring (bicyclic) bond motifs is 1. The SMILES string of the molecule is COc1ccc(N2CCN(C(=O)c3nc(NC4CCCCC4N=C(N)N)c4cc(C)ccc4n3)CC2C)cc1.O=C(O)C(F)(F)F.O=C(O)C(F)(F)F.O=C(O)C(F)(F)F. The highest BCUT2D eigenvalue weighted by Crippen LogP contribution is 2.29. The van der Waals surface area contributed by atoms with Crippen LogP contribution in [0.4, 0.5) is 51.0 Å². The van der Waals surface area contributed by atoms with Crippen molar-refractivity contribution in [1.29, 1.82) is 0 Å². The summed E-state index contributed by atoms with van der Waals surface area (Å²) >= 11 is 0. The zero-order valence-electron chi connectivity index (χ0n) is 31.9. The lowest BCUT2D eigenvalue weighted by Gasteiger charge is -2.41. The van der Waals surface area contributed by atoms with E-state index in [1.165, 1.54) is 0 Å². The molecule has 3 unspecified atom stereocenters. The van der Waals surface area contributed by atoms with E-state index in [2.05, 4.69) is 40.3 Å². The van der Waals surface area contributed by atoms with Crippen LogP contribution in [0.5, 0.6) is 5.75 Å². The van der Waals surface area contributed by atoms with E-state index in [9.17, 15) is 44.3 Å². The number of amides is 1. The number of aliphatic imine (C=N–C) groups is 1. The summed E-state index contributed by atoms with van der Waals surface area (Å²) in [6.07, 6.45) is -11.3. The number of anilines is 2. The largest absolute Gasteiger partial charge is 0.497 e. The zero-order chi connectivity index (χ0) is 45.7.